The average Bonchev–Trinajstić information content (AvgIpc) is 3.09. The van der Waals surface area contributed by atoms with Gasteiger partial charge in [0, 0.05) is 25.1 Å². The molecule has 0 bridgehead atoms. The van der Waals surface area contributed by atoms with E-state index in [1.54, 1.807) is 12.4 Å². The van der Waals surface area contributed by atoms with Crippen LogP contribution in [0.25, 0.3) is 0 Å². The van der Waals surface area contributed by atoms with Crippen molar-refractivity contribution in [3.63, 3.8) is 0 Å². The molecule has 20 heavy (non-hydrogen) atoms. The number of amides is 1. The van der Waals surface area contributed by atoms with Crippen LogP contribution in [0.3, 0.4) is 0 Å². The lowest BCUT2D eigenvalue weighted by Crippen LogP contribution is -2.38. The molecule has 2 aromatic heterocycles. The van der Waals surface area contributed by atoms with Crippen LogP contribution in [0.2, 0.25) is 0 Å². The van der Waals surface area contributed by atoms with E-state index in [-0.39, 0.29) is 11.9 Å². The molecule has 1 aliphatic heterocycles. The summed E-state index contributed by atoms with van der Waals surface area (Å²) in [7, 11) is 0. The Balaban J connectivity index is 1.74. The standard InChI is InChI=1S/C14H17N5O/c1-11-7-17-18(9-11)10-12-3-2-6-19(12)14(20)13-8-15-4-5-16-13/h4-5,7-9,12H,2-3,6,10H2,1H3/t12-/m0/s1. The molecule has 0 aromatic carbocycles. The molecule has 1 fully saturated rings. The van der Waals surface area contributed by atoms with Gasteiger partial charge in [-0.3, -0.25) is 14.5 Å². The highest BCUT2D eigenvalue weighted by Gasteiger charge is 2.30. The van der Waals surface area contributed by atoms with Crippen LogP contribution in [-0.2, 0) is 6.54 Å². The van der Waals surface area contributed by atoms with Crippen LogP contribution in [0.15, 0.2) is 31.0 Å². The SMILES string of the molecule is Cc1cnn(C[C@@H]2CCCN2C(=O)c2cnccn2)c1. The number of nitrogens with zero attached hydrogens (tertiary/aromatic N) is 5. The van der Waals surface area contributed by atoms with Gasteiger partial charge in [0.15, 0.2) is 0 Å². The number of hydrogen-bond acceptors (Lipinski definition) is 4. The summed E-state index contributed by atoms with van der Waals surface area (Å²) >= 11 is 0. The summed E-state index contributed by atoms with van der Waals surface area (Å²) in [5.74, 6) is -0.0375. The maximum Gasteiger partial charge on any atom is 0.274 e. The molecule has 6 nitrogen and oxygen atoms in total. The van der Waals surface area contributed by atoms with Gasteiger partial charge < -0.3 is 4.90 Å². The zero-order chi connectivity index (χ0) is 13.9. The first-order valence-electron chi connectivity index (χ1n) is 6.80. The van der Waals surface area contributed by atoms with Crippen molar-refractivity contribution in [2.24, 2.45) is 0 Å². The number of aryl methyl sites for hydroxylation is 1. The Kier molecular flexibility index (Phi) is 3.45. The van der Waals surface area contributed by atoms with Gasteiger partial charge in [-0.05, 0) is 25.3 Å². The highest BCUT2D eigenvalue weighted by molar-refractivity contribution is 5.92. The highest BCUT2D eigenvalue weighted by atomic mass is 16.2. The van der Waals surface area contributed by atoms with Gasteiger partial charge in [-0.1, -0.05) is 0 Å². The van der Waals surface area contributed by atoms with Crippen LogP contribution >= 0.6 is 0 Å². The van der Waals surface area contributed by atoms with Crippen molar-refractivity contribution in [3.8, 4) is 0 Å². The van der Waals surface area contributed by atoms with Gasteiger partial charge in [0.1, 0.15) is 5.69 Å². The van der Waals surface area contributed by atoms with E-state index >= 15 is 0 Å². The van der Waals surface area contributed by atoms with Crippen molar-refractivity contribution in [1.82, 2.24) is 24.6 Å². The summed E-state index contributed by atoms with van der Waals surface area (Å²) in [6.45, 7) is 3.53. The molecule has 1 saturated heterocycles. The normalized spacial score (nSPS) is 18.4. The van der Waals surface area contributed by atoms with E-state index in [2.05, 4.69) is 15.1 Å². The Hall–Kier alpha value is -2.24. The van der Waals surface area contributed by atoms with Crippen molar-refractivity contribution in [2.75, 3.05) is 6.54 Å². The number of likely N-dealkylation sites (tertiary alicyclic amines) is 1. The van der Waals surface area contributed by atoms with Crippen LogP contribution in [0.1, 0.15) is 28.9 Å². The molecule has 104 valence electrons. The Morgan fingerprint density at radius 1 is 1.40 bits per heavy atom. The van der Waals surface area contributed by atoms with Crippen molar-refractivity contribution in [3.05, 3.63) is 42.2 Å². The molecule has 0 N–H and O–H groups in total. The van der Waals surface area contributed by atoms with Crippen molar-refractivity contribution in [2.45, 2.75) is 32.4 Å². The maximum atomic E-state index is 12.4. The fourth-order valence-corrected chi connectivity index (χ4v) is 2.63. The Bertz CT molecular complexity index is 595. The quantitative estimate of drug-likeness (QED) is 0.843. The first-order valence-corrected chi connectivity index (χ1v) is 6.80. The molecule has 1 atom stereocenters. The highest BCUT2D eigenvalue weighted by Crippen LogP contribution is 2.20. The van der Waals surface area contributed by atoms with Gasteiger partial charge in [0.2, 0.25) is 0 Å². The molecule has 3 heterocycles. The second-order valence-electron chi connectivity index (χ2n) is 5.12. The van der Waals surface area contributed by atoms with E-state index in [1.165, 1.54) is 6.20 Å². The maximum absolute atomic E-state index is 12.4. The predicted octanol–water partition coefficient (Wildman–Crippen LogP) is 1.29. The summed E-state index contributed by atoms with van der Waals surface area (Å²) in [5.41, 5.74) is 1.55. The van der Waals surface area contributed by atoms with E-state index in [9.17, 15) is 4.79 Å². The third-order valence-electron chi connectivity index (χ3n) is 3.58. The number of carbonyl (C=O) groups is 1. The summed E-state index contributed by atoms with van der Waals surface area (Å²) < 4.78 is 1.91. The molecule has 2 aromatic rings. The molecular weight excluding hydrogens is 254 g/mol. The number of hydrogen-bond donors (Lipinski definition) is 0. The third kappa shape index (κ3) is 2.54. The molecule has 0 unspecified atom stereocenters. The van der Waals surface area contributed by atoms with Crippen LogP contribution in [0.5, 0.6) is 0 Å². The van der Waals surface area contributed by atoms with Crippen molar-refractivity contribution in [1.29, 1.82) is 0 Å². The van der Waals surface area contributed by atoms with Crippen LogP contribution < -0.4 is 0 Å². The van der Waals surface area contributed by atoms with Crippen LogP contribution in [-0.4, -0.2) is 43.1 Å². The fourth-order valence-electron chi connectivity index (χ4n) is 2.63. The molecule has 1 aliphatic rings. The van der Waals surface area contributed by atoms with E-state index in [0.29, 0.717) is 5.69 Å². The van der Waals surface area contributed by atoms with E-state index in [4.69, 9.17) is 0 Å². The smallest absolute Gasteiger partial charge is 0.274 e. The molecule has 0 saturated carbocycles. The minimum atomic E-state index is -0.0375. The molecule has 0 spiro atoms. The number of rotatable bonds is 3. The van der Waals surface area contributed by atoms with E-state index in [1.807, 2.05) is 28.9 Å². The second-order valence-corrected chi connectivity index (χ2v) is 5.12. The summed E-state index contributed by atoms with van der Waals surface area (Å²) in [6, 6.07) is 0.184. The monoisotopic (exact) mass is 271 g/mol. The van der Waals surface area contributed by atoms with Gasteiger partial charge in [0.25, 0.3) is 5.91 Å². The summed E-state index contributed by atoms with van der Waals surface area (Å²) in [6.07, 6.45) is 10.5. The van der Waals surface area contributed by atoms with Crippen LogP contribution in [0.4, 0.5) is 0 Å². The minimum absolute atomic E-state index is 0.0375. The third-order valence-corrected chi connectivity index (χ3v) is 3.58. The Morgan fingerprint density at radius 3 is 3.00 bits per heavy atom. The largest absolute Gasteiger partial charge is 0.332 e. The first-order chi connectivity index (χ1) is 9.74. The van der Waals surface area contributed by atoms with Gasteiger partial charge in [-0.2, -0.15) is 5.10 Å². The van der Waals surface area contributed by atoms with Gasteiger partial charge >= 0.3 is 0 Å². The zero-order valence-electron chi connectivity index (χ0n) is 11.4. The molecule has 1 amide bonds. The van der Waals surface area contributed by atoms with Gasteiger partial charge in [-0.25, -0.2) is 4.98 Å². The number of carbonyl (C=O) groups excluding carboxylic acids is 1. The van der Waals surface area contributed by atoms with Gasteiger partial charge in [-0.15, -0.1) is 0 Å². The lowest BCUT2D eigenvalue weighted by molar-refractivity contribution is 0.0715. The molecule has 0 radical (unpaired) electrons. The minimum Gasteiger partial charge on any atom is -0.332 e. The summed E-state index contributed by atoms with van der Waals surface area (Å²) in [4.78, 5) is 22.4. The topological polar surface area (TPSA) is 63.9 Å². The Morgan fingerprint density at radius 2 is 2.30 bits per heavy atom. The molecule has 0 aliphatic carbocycles. The Labute approximate surface area is 117 Å². The molecule has 6 heteroatoms. The average molecular weight is 271 g/mol. The second kappa shape index (κ2) is 5.40. The van der Waals surface area contributed by atoms with E-state index < -0.39 is 0 Å². The number of aromatic nitrogens is 4. The first kappa shape index (κ1) is 12.8. The van der Waals surface area contributed by atoms with Crippen molar-refractivity contribution >= 4 is 5.91 Å². The predicted molar refractivity (Wildman–Crippen MR) is 73.1 cm³/mol. The van der Waals surface area contributed by atoms with Crippen LogP contribution in [0, 0.1) is 6.92 Å². The lowest BCUT2D eigenvalue weighted by atomic mass is 10.2. The fraction of sp³-hybridized carbons (Fsp3) is 0.429. The molecular formula is C14H17N5O. The van der Waals surface area contributed by atoms with Gasteiger partial charge in [0.05, 0.1) is 25.0 Å². The van der Waals surface area contributed by atoms with E-state index in [0.717, 1.165) is 31.5 Å². The summed E-state index contributed by atoms with van der Waals surface area (Å²) in [5, 5.41) is 4.30. The van der Waals surface area contributed by atoms with Crippen molar-refractivity contribution < 1.29 is 4.79 Å². The molecule has 3 rings (SSSR count). The zero-order valence-corrected chi connectivity index (χ0v) is 11.4. The lowest BCUT2D eigenvalue weighted by Gasteiger charge is -2.24.